The quantitative estimate of drug-likeness (QED) is 0.865. The Labute approximate surface area is 110 Å². The van der Waals surface area contributed by atoms with Crippen LogP contribution in [0.15, 0.2) is 16.7 Å². The summed E-state index contributed by atoms with van der Waals surface area (Å²) in [5.74, 6) is -1.11. The van der Waals surface area contributed by atoms with Gasteiger partial charge in [-0.15, -0.1) is 0 Å². The molecule has 1 aromatic rings. The molecule has 1 heterocycles. The van der Waals surface area contributed by atoms with Gasteiger partial charge >= 0.3 is 5.97 Å². The molecule has 0 spiro atoms. The van der Waals surface area contributed by atoms with Crippen LogP contribution in [0.2, 0.25) is 5.22 Å². The molecule has 0 saturated carbocycles. The first-order valence-corrected chi connectivity index (χ1v) is 6.07. The zero-order chi connectivity index (χ0) is 13.7. The van der Waals surface area contributed by atoms with Crippen molar-refractivity contribution >= 4 is 23.5 Å². The van der Waals surface area contributed by atoms with Crippen molar-refractivity contribution in [3.63, 3.8) is 0 Å². The maximum atomic E-state index is 12.2. The number of hydrogen-bond donors (Lipinski definition) is 1. The van der Waals surface area contributed by atoms with Crippen LogP contribution >= 0.6 is 11.6 Å². The highest BCUT2D eigenvalue weighted by Crippen LogP contribution is 2.20. The molecule has 0 fully saturated rings. The SMILES string of the molecule is CC(C)N(CCCC(=O)O)C(=O)c1ccoc1Cl. The molecule has 0 aliphatic heterocycles. The highest BCUT2D eigenvalue weighted by atomic mass is 35.5. The Morgan fingerprint density at radius 1 is 1.50 bits per heavy atom. The molecule has 18 heavy (non-hydrogen) atoms. The largest absolute Gasteiger partial charge is 0.481 e. The van der Waals surface area contributed by atoms with Crippen molar-refractivity contribution < 1.29 is 19.1 Å². The molecule has 1 N–H and O–H groups in total. The summed E-state index contributed by atoms with van der Waals surface area (Å²) in [6.45, 7) is 4.11. The van der Waals surface area contributed by atoms with E-state index < -0.39 is 5.97 Å². The second-order valence-corrected chi connectivity index (χ2v) is 4.54. The van der Waals surface area contributed by atoms with Gasteiger partial charge in [-0.2, -0.15) is 0 Å². The van der Waals surface area contributed by atoms with Gasteiger partial charge in [0.15, 0.2) is 0 Å². The Balaban J connectivity index is 2.70. The van der Waals surface area contributed by atoms with Crippen molar-refractivity contribution in [1.82, 2.24) is 4.90 Å². The molecule has 0 saturated heterocycles. The smallest absolute Gasteiger partial charge is 0.303 e. The van der Waals surface area contributed by atoms with Crippen molar-refractivity contribution in [2.24, 2.45) is 0 Å². The monoisotopic (exact) mass is 273 g/mol. The molecule has 0 aliphatic rings. The number of nitrogens with zero attached hydrogens (tertiary/aromatic N) is 1. The third-order valence-electron chi connectivity index (χ3n) is 2.52. The standard InChI is InChI=1S/C12H16ClNO4/c1-8(2)14(6-3-4-10(15)16)12(17)9-5-7-18-11(9)13/h5,7-8H,3-4,6H2,1-2H3,(H,15,16). The fraction of sp³-hybridized carbons (Fsp3) is 0.500. The van der Waals surface area contributed by atoms with E-state index in [2.05, 4.69) is 0 Å². The Kier molecular flexibility index (Phi) is 5.22. The van der Waals surface area contributed by atoms with E-state index >= 15 is 0 Å². The van der Waals surface area contributed by atoms with E-state index in [1.807, 2.05) is 13.8 Å². The first-order chi connectivity index (χ1) is 8.43. The second-order valence-electron chi connectivity index (χ2n) is 4.20. The number of furan rings is 1. The summed E-state index contributed by atoms with van der Waals surface area (Å²) in [6.07, 6.45) is 1.80. The lowest BCUT2D eigenvalue weighted by Gasteiger charge is -2.26. The van der Waals surface area contributed by atoms with Crippen LogP contribution in [0, 0.1) is 0 Å². The number of carboxylic acids is 1. The Morgan fingerprint density at radius 2 is 2.17 bits per heavy atom. The number of carbonyl (C=O) groups excluding carboxylic acids is 1. The summed E-state index contributed by atoms with van der Waals surface area (Å²) in [7, 11) is 0. The number of amides is 1. The van der Waals surface area contributed by atoms with E-state index in [0.29, 0.717) is 18.5 Å². The second kappa shape index (κ2) is 6.44. The number of carbonyl (C=O) groups is 2. The van der Waals surface area contributed by atoms with Crippen molar-refractivity contribution in [2.45, 2.75) is 32.7 Å². The average molecular weight is 274 g/mol. The highest BCUT2D eigenvalue weighted by molar-refractivity contribution is 6.32. The first-order valence-electron chi connectivity index (χ1n) is 5.69. The maximum Gasteiger partial charge on any atom is 0.303 e. The van der Waals surface area contributed by atoms with Crippen LogP contribution in [0.4, 0.5) is 0 Å². The fourth-order valence-corrected chi connectivity index (χ4v) is 1.79. The van der Waals surface area contributed by atoms with E-state index in [4.69, 9.17) is 21.1 Å². The van der Waals surface area contributed by atoms with Gasteiger partial charge in [-0.05, 0) is 37.9 Å². The minimum absolute atomic E-state index is 0.0303. The van der Waals surface area contributed by atoms with E-state index in [-0.39, 0.29) is 23.6 Å². The third kappa shape index (κ3) is 3.77. The van der Waals surface area contributed by atoms with Gasteiger partial charge in [-0.3, -0.25) is 9.59 Å². The first kappa shape index (κ1) is 14.6. The normalized spacial score (nSPS) is 10.7. The van der Waals surface area contributed by atoms with Crippen LogP contribution in [0.3, 0.4) is 0 Å². The molecule has 0 radical (unpaired) electrons. The summed E-state index contributed by atoms with van der Waals surface area (Å²) in [6, 6.07) is 1.48. The Morgan fingerprint density at radius 3 is 2.61 bits per heavy atom. The summed E-state index contributed by atoms with van der Waals surface area (Å²) < 4.78 is 4.88. The number of aliphatic carboxylic acids is 1. The molecular formula is C12H16ClNO4. The fourth-order valence-electron chi connectivity index (χ4n) is 1.60. The van der Waals surface area contributed by atoms with Gasteiger partial charge in [0, 0.05) is 19.0 Å². The number of rotatable bonds is 6. The summed E-state index contributed by atoms with van der Waals surface area (Å²) in [5.41, 5.74) is 0.306. The maximum absolute atomic E-state index is 12.2. The number of carboxylic acid groups (broad SMARTS) is 1. The van der Waals surface area contributed by atoms with Crippen LogP contribution in [0.5, 0.6) is 0 Å². The van der Waals surface area contributed by atoms with Gasteiger partial charge in [0.2, 0.25) is 5.22 Å². The average Bonchev–Trinajstić information content (AvgIpc) is 2.69. The molecule has 0 bridgehead atoms. The molecule has 1 rings (SSSR count). The molecule has 1 aromatic heterocycles. The predicted octanol–water partition coefficient (Wildman–Crippen LogP) is 2.65. The van der Waals surface area contributed by atoms with Gasteiger partial charge < -0.3 is 14.4 Å². The van der Waals surface area contributed by atoms with E-state index in [1.54, 1.807) is 4.90 Å². The minimum Gasteiger partial charge on any atom is -0.481 e. The molecule has 0 unspecified atom stereocenters. The zero-order valence-corrected chi connectivity index (χ0v) is 11.1. The molecule has 0 atom stereocenters. The van der Waals surface area contributed by atoms with E-state index in [9.17, 15) is 9.59 Å². The molecule has 6 heteroatoms. The molecule has 1 amide bonds. The van der Waals surface area contributed by atoms with E-state index in [1.165, 1.54) is 12.3 Å². The summed E-state index contributed by atoms with van der Waals surface area (Å²) in [4.78, 5) is 24.2. The topological polar surface area (TPSA) is 70.8 Å². The van der Waals surface area contributed by atoms with Crippen molar-refractivity contribution in [3.05, 3.63) is 23.1 Å². The van der Waals surface area contributed by atoms with Crippen LogP contribution in [-0.2, 0) is 4.79 Å². The zero-order valence-electron chi connectivity index (χ0n) is 10.4. The van der Waals surface area contributed by atoms with Gasteiger partial charge in [0.05, 0.1) is 11.8 Å². The molecule has 100 valence electrons. The molecule has 5 nitrogen and oxygen atoms in total. The van der Waals surface area contributed by atoms with Gasteiger partial charge in [0.25, 0.3) is 5.91 Å². The van der Waals surface area contributed by atoms with Gasteiger partial charge in [-0.1, -0.05) is 0 Å². The van der Waals surface area contributed by atoms with Crippen molar-refractivity contribution in [1.29, 1.82) is 0 Å². The van der Waals surface area contributed by atoms with Crippen LogP contribution in [-0.4, -0.2) is 34.5 Å². The minimum atomic E-state index is -0.868. The molecule has 0 aromatic carbocycles. The lowest BCUT2D eigenvalue weighted by Crippen LogP contribution is -2.37. The van der Waals surface area contributed by atoms with Gasteiger partial charge in [0.1, 0.15) is 0 Å². The van der Waals surface area contributed by atoms with Gasteiger partial charge in [-0.25, -0.2) is 0 Å². The molecule has 0 aliphatic carbocycles. The third-order valence-corrected chi connectivity index (χ3v) is 2.81. The van der Waals surface area contributed by atoms with E-state index in [0.717, 1.165) is 0 Å². The lowest BCUT2D eigenvalue weighted by atomic mass is 10.2. The molecular weight excluding hydrogens is 258 g/mol. The predicted molar refractivity (Wildman–Crippen MR) is 66.8 cm³/mol. The summed E-state index contributed by atoms with van der Waals surface area (Å²) in [5, 5.41) is 8.65. The van der Waals surface area contributed by atoms with Crippen LogP contribution in [0.1, 0.15) is 37.0 Å². The Bertz CT molecular complexity index is 427. The lowest BCUT2D eigenvalue weighted by molar-refractivity contribution is -0.137. The number of hydrogen-bond acceptors (Lipinski definition) is 3. The van der Waals surface area contributed by atoms with Crippen LogP contribution in [0.25, 0.3) is 0 Å². The van der Waals surface area contributed by atoms with Crippen molar-refractivity contribution in [3.8, 4) is 0 Å². The summed E-state index contributed by atoms with van der Waals surface area (Å²) >= 11 is 5.76. The highest BCUT2D eigenvalue weighted by Gasteiger charge is 2.22. The Hall–Kier alpha value is -1.49. The number of halogens is 1. The van der Waals surface area contributed by atoms with Crippen LogP contribution < -0.4 is 0 Å². The van der Waals surface area contributed by atoms with Crippen molar-refractivity contribution in [2.75, 3.05) is 6.54 Å².